The zero-order valence-corrected chi connectivity index (χ0v) is 10.8. The summed E-state index contributed by atoms with van der Waals surface area (Å²) >= 11 is 0. The molecule has 2 heteroatoms. The zero-order valence-electron chi connectivity index (χ0n) is 10.8. The third-order valence-electron chi connectivity index (χ3n) is 3.84. The van der Waals surface area contributed by atoms with Crippen molar-refractivity contribution in [2.75, 3.05) is 13.1 Å². The van der Waals surface area contributed by atoms with Crippen LogP contribution >= 0.6 is 0 Å². The number of nitrogens with one attached hydrogen (secondary N) is 1. The lowest BCUT2D eigenvalue weighted by Gasteiger charge is -2.13. The van der Waals surface area contributed by atoms with Gasteiger partial charge in [-0.2, -0.15) is 0 Å². The fourth-order valence-electron chi connectivity index (χ4n) is 2.55. The number of nitrogens with two attached hydrogens (primary N) is 1. The Morgan fingerprint density at radius 2 is 2.12 bits per heavy atom. The topological polar surface area (TPSA) is 38.0 Å². The van der Waals surface area contributed by atoms with Crippen molar-refractivity contribution in [3.63, 3.8) is 0 Å². The molecule has 2 nitrogen and oxygen atoms in total. The molecule has 0 aliphatic heterocycles. The van der Waals surface area contributed by atoms with Gasteiger partial charge >= 0.3 is 0 Å². The van der Waals surface area contributed by atoms with E-state index in [2.05, 4.69) is 30.4 Å². The van der Waals surface area contributed by atoms with Crippen LogP contribution in [0.2, 0.25) is 0 Å². The van der Waals surface area contributed by atoms with E-state index in [1.165, 1.54) is 24.8 Å². The van der Waals surface area contributed by atoms with E-state index in [0.29, 0.717) is 5.92 Å². The van der Waals surface area contributed by atoms with Crippen LogP contribution in [0.25, 0.3) is 0 Å². The van der Waals surface area contributed by atoms with Crippen molar-refractivity contribution < 1.29 is 0 Å². The Hall–Kier alpha value is -0.860. The molecule has 0 amide bonds. The highest BCUT2D eigenvalue weighted by Gasteiger charge is 2.10. The van der Waals surface area contributed by atoms with Gasteiger partial charge in [0, 0.05) is 6.54 Å². The van der Waals surface area contributed by atoms with Gasteiger partial charge in [0.05, 0.1) is 0 Å². The summed E-state index contributed by atoms with van der Waals surface area (Å²) in [5.41, 5.74) is 10.2. The van der Waals surface area contributed by atoms with Crippen molar-refractivity contribution in [2.24, 2.45) is 11.7 Å². The molecule has 1 aliphatic carbocycles. The minimum atomic E-state index is 0.615. The first kappa shape index (κ1) is 12.6. The normalized spacial score (nSPS) is 15.9. The van der Waals surface area contributed by atoms with Crippen molar-refractivity contribution >= 4 is 0 Å². The highest BCUT2D eigenvalue weighted by Crippen LogP contribution is 2.22. The van der Waals surface area contributed by atoms with Gasteiger partial charge < -0.3 is 11.1 Å². The van der Waals surface area contributed by atoms with Gasteiger partial charge in [-0.1, -0.05) is 31.5 Å². The largest absolute Gasteiger partial charge is 0.330 e. The lowest BCUT2D eigenvalue weighted by Crippen LogP contribution is -2.27. The number of rotatable bonds is 6. The Labute approximate surface area is 105 Å². The van der Waals surface area contributed by atoms with Crippen LogP contribution in [0.1, 0.15) is 36.5 Å². The molecule has 1 aliphatic rings. The highest BCUT2D eigenvalue weighted by atomic mass is 14.9. The van der Waals surface area contributed by atoms with Crippen LogP contribution in [0.4, 0.5) is 0 Å². The lowest BCUT2D eigenvalue weighted by molar-refractivity contribution is 0.471. The van der Waals surface area contributed by atoms with Crippen molar-refractivity contribution in [1.82, 2.24) is 5.32 Å². The Balaban J connectivity index is 1.83. The maximum absolute atomic E-state index is 5.70. The molecule has 0 spiro atoms. The fourth-order valence-corrected chi connectivity index (χ4v) is 2.55. The molecule has 2 rings (SSSR count). The zero-order chi connectivity index (χ0) is 12.1. The summed E-state index contributed by atoms with van der Waals surface area (Å²) in [5, 5.41) is 3.51. The standard InChI is InChI=1S/C15H24N2/c1-2-12(9-16)10-17-11-13-6-7-14-4-3-5-15(14)8-13/h6-8,12,17H,2-5,9-11,16H2,1H3. The van der Waals surface area contributed by atoms with E-state index in [-0.39, 0.29) is 0 Å². The second-order valence-electron chi connectivity index (χ2n) is 5.10. The summed E-state index contributed by atoms with van der Waals surface area (Å²) in [4.78, 5) is 0. The maximum Gasteiger partial charge on any atom is 0.0205 e. The monoisotopic (exact) mass is 232 g/mol. The Morgan fingerprint density at radius 1 is 1.29 bits per heavy atom. The molecule has 1 unspecified atom stereocenters. The van der Waals surface area contributed by atoms with E-state index in [9.17, 15) is 0 Å². The summed E-state index contributed by atoms with van der Waals surface area (Å²) in [6, 6.07) is 6.94. The van der Waals surface area contributed by atoms with Crippen LogP contribution < -0.4 is 11.1 Å². The molecule has 17 heavy (non-hydrogen) atoms. The van der Waals surface area contributed by atoms with Gasteiger partial charge in [-0.05, 0) is 55.0 Å². The number of hydrogen-bond acceptors (Lipinski definition) is 2. The molecular formula is C15H24N2. The second kappa shape index (κ2) is 6.18. The van der Waals surface area contributed by atoms with E-state index in [4.69, 9.17) is 5.73 Å². The first-order valence-corrected chi connectivity index (χ1v) is 6.85. The Kier molecular flexibility index (Phi) is 4.57. The molecule has 1 atom stereocenters. The molecule has 1 aromatic carbocycles. The minimum absolute atomic E-state index is 0.615. The maximum atomic E-state index is 5.70. The summed E-state index contributed by atoms with van der Waals surface area (Å²) in [6.45, 7) is 5.00. The number of hydrogen-bond donors (Lipinski definition) is 2. The predicted octanol–water partition coefficient (Wildman–Crippen LogP) is 2.25. The van der Waals surface area contributed by atoms with E-state index in [0.717, 1.165) is 26.1 Å². The van der Waals surface area contributed by atoms with Gasteiger partial charge in [-0.15, -0.1) is 0 Å². The first-order valence-electron chi connectivity index (χ1n) is 6.85. The second-order valence-corrected chi connectivity index (χ2v) is 5.10. The van der Waals surface area contributed by atoms with Crippen LogP contribution in [0.5, 0.6) is 0 Å². The SMILES string of the molecule is CCC(CN)CNCc1ccc2c(c1)CCC2. The lowest BCUT2D eigenvalue weighted by atomic mass is 10.1. The van der Waals surface area contributed by atoms with Crippen molar-refractivity contribution in [1.29, 1.82) is 0 Å². The highest BCUT2D eigenvalue weighted by molar-refractivity contribution is 5.35. The van der Waals surface area contributed by atoms with Gasteiger partial charge in [-0.3, -0.25) is 0 Å². The number of benzene rings is 1. The van der Waals surface area contributed by atoms with Crippen LogP contribution in [-0.2, 0) is 19.4 Å². The third-order valence-corrected chi connectivity index (χ3v) is 3.84. The van der Waals surface area contributed by atoms with Crippen LogP contribution in [0.3, 0.4) is 0 Å². The first-order chi connectivity index (χ1) is 8.33. The molecule has 0 radical (unpaired) electrons. The predicted molar refractivity (Wildman–Crippen MR) is 73.0 cm³/mol. The van der Waals surface area contributed by atoms with Crippen molar-refractivity contribution in [2.45, 2.75) is 39.2 Å². The quantitative estimate of drug-likeness (QED) is 0.789. The minimum Gasteiger partial charge on any atom is -0.330 e. The van der Waals surface area contributed by atoms with Crippen molar-refractivity contribution in [3.8, 4) is 0 Å². The summed E-state index contributed by atoms with van der Waals surface area (Å²) in [7, 11) is 0. The molecule has 0 fully saturated rings. The van der Waals surface area contributed by atoms with Gasteiger partial charge in [0.25, 0.3) is 0 Å². The van der Waals surface area contributed by atoms with Crippen molar-refractivity contribution in [3.05, 3.63) is 34.9 Å². The average Bonchev–Trinajstić information content (AvgIpc) is 2.82. The van der Waals surface area contributed by atoms with Crippen LogP contribution in [0.15, 0.2) is 18.2 Å². The number of aryl methyl sites for hydroxylation is 2. The number of fused-ring (bicyclic) bond motifs is 1. The smallest absolute Gasteiger partial charge is 0.0205 e. The molecule has 94 valence electrons. The average molecular weight is 232 g/mol. The molecule has 0 saturated carbocycles. The molecule has 1 aromatic rings. The molecule has 0 bridgehead atoms. The summed E-state index contributed by atoms with van der Waals surface area (Å²) in [5.74, 6) is 0.615. The van der Waals surface area contributed by atoms with Crippen LogP contribution in [0, 0.1) is 5.92 Å². The van der Waals surface area contributed by atoms with E-state index in [1.54, 1.807) is 11.1 Å². The Morgan fingerprint density at radius 3 is 2.88 bits per heavy atom. The summed E-state index contributed by atoms with van der Waals surface area (Å²) < 4.78 is 0. The fraction of sp³-hybridized carbons (Fsp3) is 0.600. The molecule has 0 aromatic heterocycles. The van der Waals surface area contributed by atoms with Gasteiger partial charge in [0.2, 0.25) is 0 Å². The van der Waals surface area contributed by atoms with Gasteiger partial charge in [0.1, 0.15) is 0 Å². The van der Waals surface area contributed by atoms with E-state index < -0.39 is 0 Å². The Bertz CT molecular complexity index is 356. The molecular weight excluding hydrogens is 208 g/mol. The van der Waals surface area contributed by atoms with E-state index >= 15 is 0 Å². The third kappa shape index (κ3) is 3.30. The molecule has 0 saturated heterocycles. The molecule has 0 heterocycles. The van der Waals surface area contributed by atoms with Gasteiger partial charge in [0.15, 0.2) is 0 Å². The van der Waals surface area contributed by atoms with Gasteiger partial charge in [-0.25, -0.2) is 0 Å². The summed E-state index contributed by atoms with van der Waals surface area (Å²) in [6.07, 6.45) is 5.03. The van der Waals surface area contributed by atoms with E-state index in [1.807, 2.05) is 0 Å². The molecule has 3 N–H and O–H groups in total. The van der Waals surface area contributed by atoms with Crippen LogP contribution in [-0.4, -0.2) is 13.1 Å².